The molecule has 1 saturated heterocycles. The molecule has 0 radical (unpaired) electrons. The smallest absolute Gasteiger partial charge is 0.399 e. The third-order valence-corrected chi connectivity index (χ3v) is 7.38. The zero-order valence-corrected chi connectivity index (χ0v) is 21.4. The summed E-state index contributed by atoms with van der Waals surface area (Å²) in [5.41, 5.74) is 10.1. The number of nitrogens with two attached hydrogens (primary N) is 1. The molecule has 37 heavy (non-hydrogen) atoms. The summed E-state index contributed by atoms with van der Waals surface area (Å²) in [7, 11) is 1.68. The van der Waals surface area contributed by atoms with Gasteiger partial charge in [0.1, 0.15) is 0 Å². The predicted molar refractivity (Wildman–Crippen MR) is 146 cm³/mol. The monoisotopic (exact) mass is 524 g/mol. The molecule has 0 atom stereocenters. The van der Waals surface area contributed by atoms with Gasteiger partial charge in [-0.25, -0.2) is 0 Å². The Balaban J connectivity index is 1.51. The first-order valence-corrected chi connectivity index (χ1v) is 12.5. The summed E-state index contributed by atoms with van der Waals surface area (Å²) >= 11 is 6.07. The predicted octanol–water partition coefficient (Wildman–Crippen LogP) is 7.25. The van der Waals surface area contributed by atoms with Crippen molar-refractivity contribution in [2.45, 2.75) is 13.1 Å². The van der Waals surface area contributed by atoms with Gasteiger partial charge in [-0.15, -0.1) is 0 Å². The van der Waals surface area contributed by atoms with Crippen molar-refractivity contribution in [1.82, 2.24) is 4.57 Å². The fourth-order valence-corrected chi connectivity index (χ4v) is 5.27. The molecule has 5 rings (SSSR count). The lowest BCUT2D eigenvalue weighted by molar-refractivity contribution is -0.137. The molecule has 1 aromatic heterocycles. The van der Waals surface area contributed by atoms with E-state index in [9.17, 15) is 13.2 Å². The molecule has 0 unspecified atom stereocenters. The molecule has 4 aromatic rings. The van der Waals surface area contributed by atoms with Crippen LogP contribution in [0.15, 0.2) is 72.8 Å². The van der Waals surface area contributed by atoms with Crippen LogP contribution in [0.25, 0.3) is 22.4 Å². The van der Waals surface area contributed by atoms with Crippen molar-refractivity contribution < 1.29 is 13.2 Å². The minimum Gasteiger partial charge on any atom is -0.399 e. The van der Waals surface area contributed by atoms with Gasteiger partial charge in [-0.3, -0.25) is 0 Å². The number of nitrogens with zero attached hydrogens (tertiary/aromatic N) is 3. The Morgan fingerprint density at radius 2 is 1.38 bits per heavy atom. The van der Waals surface area contributed by atoms with E-state index in [2.05, 4.69) is 9.80 Å². The van der Waals surface area contributed by atoms with Gasteiger partial charge >= 0.3 is 6.18 Å². The molecule has 4 nitrogen and oxygen atoms in total. The van der Waals surface area contributed by atoms with Gasteiger partial charge in [-0.05, 0) is 66.6 Å². The highest BCUT2D eigenvalue weighted by Gasteiger charge is 2.40. The maximum Gasteiger partial charge on any atom is 0.418 e. The highest BCUT2D eigenvalue weighted by Crippen LogP contribution is 2.46. The summed E-state index contributed by atoms with van der Waals surface area (Å²) in [6, 6.07) is 22.2. The molecule has 8 heteroatoms. The molecule has 3 aromatic carbocycles. The highest BCUT2D eigenvalue weighted by atomic mass is 35.5. The van der Waals surface area contributed by atoms with E-state index in [1.807, 2.05) is 42.5 Å². The Morgan fingerprint density at radius 3 is 1.97 bits per heavy atom. The minimum atomic E-state index is -4.50. The van der Waals surface area contributed by atoms with E-state index in [4.69, 9.17) is 17.3 Å². The zero-order chi connectivity index (χ0) is 26.3. The molecular formula is C29H28ClF3N4. The van der Waals surface area contributed by atoms with Gasteiger partial charge in [0.25, 0.3) is 0 Å². The molecule has 1 aliphatic rings. The zero-order valence-electron chi connectivity index (χ0n) is 20.7. The normalized spacial score (nSPS) is 14.3. The summed E-state index contributed by atoms with van der Waals surface area (Å²) < 4.78 is 44.8. The molecule has 1 aliphatic heterocycles. The van der Waals surface area contributed by atoms with Gasteiger partial charge in [-0.2, -0.15) is 13.2 Å². The van der Waals surface area contributed by atoms with Crippen LogP contribution < -0.4 is 15.5 Å². The summed E-state index contributed by atoms with van der Waals surface area (Å²) in [5, 5.41) is 0.535. The molecule has 1 fully saturated rings. The number of nitrogen functional groups attached to an aromatic ring is 1. The highest BCUT2D eigenvalue weighted by molar-refractivity contribution is 6.30. The van der Waals surface area contributed by atoms with Crippen molar-refractivity contribution in [1.29, 1.82) is 0 Å². The van der Waals surface area contributed by atoms with E-state index in [1.165, 1.54) is 6.92 Å². The lowest BCUT2D eigenvalue weighted by Gasteiger charge is -2.37. The summed E-state index contributed by atoms with van der Waals surface area (Å²) in [6.45, 7) is 4.66. The van der Waals surface area contributed by atoms with Gasteiger partial charge in [0.15, 0.2) is 0 Å². The number of aromatic nitrogens is 1. The second kappa shape index (κ2) is 9.71. The van der Waals surface area contributed by atoms with Crippen LogP contribution in [-0.4, -0.2) is 30.7 Å². The maximum absolute atomic E-state index is 14.4. The van der Waals surface area contributed by atoms with E-state index < -0.39 is 11.7 Å². The fourth-order valence-electron chi connectivity index (χ4n) is 5.14. The molecule has 0 spiro atoms. The lowest BCUT2D eigenvalue weighted by Crippen LogP contribution is -2.46. The summed E-state index contributed by atoms with van der Waals surface area (Å²) in [4.78, 5) is 4.52. The summed E-state index contributed by atoms with van der Waals surface area (Å²) in [6.07, 6.45) is -4.50. The first-order chi connectivity index (χ1) is 17.6. The number of piperazine rings is 1. The van der Waals surface area contributed by atoms with Crippen LogP contribution in [0.5, 0.6) is 0 Å². The van der Waals surface area contributed by atoms with Gasteiger partial charge in [0, 0.05) is 66.6 Å². The standard InChI is InChI=1S/C29H28ClF3N4/c1-19-27(29(31,32)33)26(28(35(19)2)20-6-8-22(30)9-7-20)21-4-3-5-25(18-21)37-16-14-36(15-17-37)24-12-10-23(34)11-13-24/h3-13,18H,14-17,34H2,1-2H3. The average molecular weight is 525 g/mol. The van der Waals surface area contributed by atoms with Crippen molar-refractivity contribution in [3.63, 3.8) is 0 Å². The molecule has 192 valence electrons. The van der Waals surface area contributed by atoms with Crippen molar-refractivity contribution in [2.24, 2.45) is 7.05 Å². The molecule has 0 amide bonds. The minimum absolute atomic E-state index is 0.176. The Hall–Kier alpha value is -3.58. The van der Waals surface area contributed by atoms with Crippen LogP contribution in [0.2, 0.25) is 5.02 Å². The van der Waals surface area contributed by atoms with Crippen LogP contribution in [0.1, 0.15) is 11.3 Å². The number of halogens is 4. The summed E-state index contributed by atoms with van der Waals surface area (Å²) in [5.74, 6) is 0. The first-order valence-electron chi connectivity index (χ1n) is 12.1. The van der Waals surface area contributed by atoms with E-state index in [0.29, 0.717) is 21.8 Å². The second-order valence-electron chi connectivity index (χ2n) is 9.36. The topological polar surface area (TPSA) is 37.4 Å². The average Bonchev–Trinajstić information content (AvgIpc) is 3.16. The van der Waals surface area contributed by atoms with Crippen LogP contribution >= 0.6 is 11.6 Å². The number of benzene rings is 3. The van der Waals surface area contributed by atoms with E-state index in [1.54, 1.807) is 41.9 Å². The Morgan fingerprint density at radius 1 is 0.784 bits per heavy atom. The maximum atomic E-state index is 14.4. The SMILES string of the molecule is Cc1c(C(F)(F)F)c(-c2cccc(N3CCN(c4ccc(N)cc4)CC3)c2)c(-c2ccc(Cl)cc2)n1C. The molecule has 0 saturated carbocycles. The van der Waals surface area contributed by atoms with Crippen LogP contribution in [-0.2, 0) is 13.2 Å². The first kappa shape index (κ1) is 25.1. The number of hydrogen-bond acceptors (Lipinski definition) is 3. The molecule has 0 aliphatic carbocycles. The van der Waals surface area contributed by atoms with Crippen LogP contribution in [0, 0.1) is 6.92 Å². The molecule has 2 heterocycles. The number of hydrogen-bond donors (Lipinski definition) is 1. The van der Waals surface area contributed by atoms with Crippen molar-refractivity contribution in [3.05, 3.63) is 89.1 Å². The van der Waals surface area contributed by atoms with Gasteiger partial charge in [0.05, 0.1) is 11.3 Å². The van der Waals surface area contributed by atoms with Crippen molar-refractivity contribution >= 4 is 28.7 Å². The van der Waals surface area contributed by atoms with E-state index in [-0.39, 0.29) is 11.3 Å². The Labute approximate surface area is 219 Å². The lowest BCUT2D eigenvalue weighted by atomic mass is 9.96. The van der Waals surface area contributed by atoms with Gasteiger partial charge in [0.2, 0.25) is 0 Å². The number of alkyl halides is 3. The van der Waals surface area contributed by atoms with Crippen molar-refractivity contribution in [2.75, 3.05) is 41.7 Å². The third-order valence-electron chi connectivity index (χ3n) is 7.13. The van der Waals surface area contributed by atoms with Crippen molar-refractivity contribution in [3.8, 4) is 22.4 Å². The fraction of sp³-hybridized carbons (Fsp3) is 0.241. The largest absolute Gasteiger partial charge is 0.418 e. The number of anilines is 3. The van der Waals surface area contributed by atoms with Gasteiger partial charge in [-0.1, -0.05) is 35.9 Å². The quantitative estimate of drug-likeness (QED) is 0.286. The van der Waals surface area contributed by atoms with E-state index >= 15 is 0 Å². The van der Waals surface area contributed by atoms with Crippen LogP contribution in [0.3, 0.4) is 0 Å². The number of rotatable bonds is 4. The van der Waals surface area contributed by atoms with Gasteiger partial charge < -0.3 is 20.1 Å². The van der Waals surface area contributed by atoms with Crippen LogP contribution in [0.4, 0.5) is 30.2 Å². The second-order valence-corrected chi connectivity index (χ2v) is 9.80. The van der Waals surface area contributed by atoms with E-state index in [0.717, 1.165) is 43.2 Å². The molecular weight excluding hydrogens is 497 g/mol. The Bertz CT molecular complexity index is 1400. The third kappa shape index (κ3) is 4.88. The molecule has 0 bridgehead atoms. The molecule has 2 N–H and O–H groups in total. The Kier molecular flexibility index (Phi) is 6.58.